The second-order valence-corrected chi connectivity index (χ2v) is 10.9. The lowest BCUT2D eigenvalue weighted by Gasteiger charge is -2.54. The predicted molar refractivity (Wildman–Crippen MR) is 140 cm³/mol. The molecule has 1 spiro atoms. The zero-order valence-electron chi connectivity index (χ0n) is 21.6. The zero-order chi connectivity index (χ0) is 26.1. The number of amides is 1. The van der Waals surface area contributed by atoms with Gasteiger partial charge in [-0.3, -0.25) is 4.79 Å². The molecule has 1 unspecified atom stereocenters. The molecule has 2 atom stereocenters. The number of carbonyl (C=O) groups is 1. The molecular weight excluding hydrogens is 484 g/mol. The molecule has 0 radical (unpaired) electrons. The van der Waals surface area contributed by atoms with Crippen LogP contribution in [0.1, 0.15) is 65.2 Å². The van der Waals surface area contributed by atoms with Gasteiger partial charge in [0, 0.05) is 31.2 Å². The van der Waals surface area contributed by atoms with Crippen LogP contribution in [0.25, 0.3) is 0 Å². The summed E-state index contributed by atoms with van der Waals surface area (Å²) < 4.78 is 11.2. The summed E-state index contributed by atoms with van der Waals surface area (Å²) >= 11 is 0. The fraction of sp³-hybridized carbons (Fsp3) is 0.500. The molecule has 1 aliphatic heterocycles. The minimum Gasteiger partial charge on any atom is -0.486 e. The number of oxazole rings is 1. The molecule has 4 N–H and O–H groups in total. The average molecular weight is 519 g/mol. The summed E-state index contributed by atoms with van der Waals surface area (Å²) in [6, 6.07) is 7.90. The van der Waals surface area contributed by atoms with E-state index in [1.807, 2.05) is 25.1 Å². The topological polar surface area (TPSA) is 134 Å². The Hall–Kier alpha value is -3.50. The van der Waals surface area contributed by atoms with Crippen LogP contribution in [-0.2, 0) is 19.6 Å². The second-order valence-electron chi connectivity index (χ2n) is 10.9. The highest BCUT2D eigenvalue weighted by atomic mass is 16.5. The SMILES string of the molecule is Cc1ncoc1COc1ccc2c(c1)CN[C@H](C(O)CNC(=O)c1cc(NC3CC4(CCC4)C3)ncn1)C2. The largest absolute Gasteiger partial charge is 0.486 e. The Morgan fingerprint density at radius 3 is 2.87 bits per heavy atom. The van der Waals surface area contributed by atoms with Gasteiger partial charge >= 0.3 is 0 Å². The van der Waals surface area contributed by atoms with Crippen molar-refractivity contribution in [2.75, 3.05) is 11.9 Å². The molecule has 3 aliphatic rings. The van der Waals surface area contributed by atoms with Crippen molar-refractivity contribution in [3.05, 3.63) is 65.3 Å². The lowest BCUT2D eigenvalue weighted by atomic mass is 9.54. The summed E-state index contributed by atoms with van der Waals surface area (Å²) in [4.78, 5) is 25.2. The maximum Gasteiger partial charge on any atom is 0.270 e. The Labute approximate surface area is 221 Å². The number of aliphatic hydroxyl groups is 1. The summed E-state index contributed by atoms with van der Waals surface area (Å²) in [5, 5.41) is 20.4. The number of benzene rings is 1. The van der Waals surface area contributed by atoms with Gasteiger partial charge in [0.25, 0.3) is 5.91 Å². The third kappa shape index (κ3) is 5.23. The molecule has 0 saturated heterocycles. The van der Waals surface area contributed by atoms with Gasteiger partial charge in [-0.1, -0.05) is 12.5 Å². The van der Waals surface area contributed by atoms with Crippen molar-refractivity contribution in [1.82, 2.24) is 25.6 Å². The van der Waals surface area contributed by atoms with Crippen molar-refractivity contribution in [3.8, 4) is 5.75 Å². The fourth-order valence-corrected chi connectivity index (χ4v) is 5.86. The van der Waals surface area contributed by atoms with Gasteiger partial charge in [0.05, 0.1) is 11.8 Å². The van der Waals surface area contributed by atoms with E-state index in [2.05, 4.69) is 30.9 Å². The summed E-state index contributed by atoms with van der Waals surface area (Å²) in [6.07, 6.45) is 9.12. The van der Waals surface area contributed by atoms with Crippen molar-refractivity contribution >= 4 is 11.7 Å². The van der Waals surface area contributed by atoms with Crippen LogP contribution in [0.5, 0.6) is 5.75 Å². The Morgan fingerprint density at radius 2 is 2.11 bits per heavy atom. The Kier molecular flexibility index (Phi) is 6.75. The molecule has 200 valence electrons. The predicted octanol–water partition coefficient (Wildman–Crippen LogP) is 2.90. The Bertz CT molecular complexity index is 1300. The van der Waals surface area contributed by atoms with Gasteiger partial charge in [-0.25, -0.2) is 15.0 Å². The van der Waals surface area contributed by atoms with Crippen molar-refractivity contribution in [3.63, 3.8) is 0 Å². The average Bonchev–Trinajstić information content (AvgIpc) is 3.30. The minimum atomic E-state index is -0.745. The quantitative estimate of drug-likeness (QED) is 0.337. The minimum absolute atomic E-state index is 0.126. The van der Waals surface area contributed by atoms with Crippen LogP contribution in [0.15, 0.2) is 41.4 Å². The van der Waals surface area contributed by atoms with Crippen molar-refractivity contribution < 1.29 is 19.1 Å². The van der Waals surface area contributed by atoms with Crippen molar-refractivity contribution in [1.29, 1.82) is 0 Å². The summed E-state index contributed by atoms with van der Waals surface area (Å²) in [7, 11) is 0. The standard InChI is InChI=1S/C28H34N6O4/c1-17-25(38-16-33-17)14-37-21-4-3-18-8-22(29-12-19(18)7-21)24(35)13-30-27(36)23-9-26(32-15-31-23)34-20-10-28(11-20)5-2-6-28/h3-4,7,9,15-16,20,22,24,29,35H,2,5-6,8,10-14H2,1H3,(H,30,36)(H,31,32,34)/t22-,24?/m0/s1. The van der Waals surface area contributed by atoms with E-state index in [1.54, 1.807) is 6.07 Å². The monoisotopic (exact) mass is 518 g/mol. The Morgan fingerprint density at radius 1 is 1.24 bits per heavy atom. The zero-order valence-corrected chi connectivity index (χ0v) is 21.6. The molecule has 2 aromatic heterocycles. The van der Waals surface area contributed by atoms with Gasteiger partial charge in [-0.05, 0) is 67.7 Å². The summed E-state index contributed by atoms with van der Waals surface area (Å²) in [5.41, 5.74) is 3.96. The molecule has 3 aromatic rings. The van der Waals surface area contributed by atoms with Crippen LogP contribution in [0.2, 0.25) is 0 Å². The first kappa shape index (κ1) is 24.8. The number of ether oxygens (including phenoxy) is 1. The van der Waals surface area contributed by atoms with Gasteiger partial charge in [0.2, 0.25) is 0 Å². The molecule has 2 saturated carbocycles. The summed E-state index contributed by atoms with van der Waals surface area (Å²) in [6.45, 7) is 2.94. The first-order valence-electron chi connectivity index (χ1n) is 13.4. The number of hydrogen-bond acceptors (Lipinski definition) is 9. The smallest absolute Gasteiger partial charge is 0.270 e. The van der Waals surface area contributed by atoms with E-state index < -0.39 is 6.10 Å². The van der Waals surface area contributed by atoms with Gasteiger partial charge in [-0.15, -0.1) is 0 Å². The third-order valence-electron chi connectivity index (χ3n) is 8.35. The van der Waals surface area contributed by atoms with Gasteiger partial charge in [-0.2, -0.15) is 0 Å². The van der Waals surface area contributed by atoms with E-state index in [4.69, 9.17) is 9.15 Å². The van der Waals surface area contributed by atoms with Crippen molar-refractivity contribution in [2.24, 2.45) is 5.41 Å². The number of anilines is 1. The third-order valence-corrected chi connectivity index (χ3v) is 8.35. The van der Waals surface area contributed by atoms with E-state index in [-0.39, 0.29) is 18.5 Å². The fourth-order valence-electron chi connectivity index (χ4n) is 5.86. The van der Waals surface area contributed by atoms with Crippen LogP contribution < -0.4 is 20.7 Å². The molecule has 0 bridgehead atoms. The molecule has 10 nitrogen and oxygen atoms in total. The van der Waals surface area contributed by atoms with Gasteiger partial charge in [0.1, 0.15) is 30.2 Å². The number of rotatable bonds is 9. The normalized spacial score (nSPS) is 20.6. The first-order chi connectivity index (χ1) is 18.5. The molecule has 2 fully saturated rings. The number of aliphatic hydroxyl groups excluding tert-OH is 1. The number of fused-ring (bicyclic) bond motifs is 1. The molecule has 1 amide bonds. The van der Waals surface area contributed by atoms with Crippen LogP contribution in [-0.4, -0.2) is 50.7 Å². The number of nitrogens with zero attached hydrogens (tertiary/aromatic N) is 3. The van der Waals surface area contributed by atoms with E-state index in [0.29, 0.717) is 48.3 Å². The number of aryl methyl sites for hydroxylation is 1. The molecule has 6 rings (SSSR count). The second kappa shape index (κ2) is 10.3. The molecule has 3 heterocycles. The van der Waals surface area contributed by atoms with E-state index in [1.165, 1.54) is 44.8 Å². The molecule has 2 aliphatic carbocycles. The highest BCUT2D eigenvalue weighted by molar-refractivity contribution is 5.92. The van der Waals surface area contributed by atoms with Crippen LogP contribution in [0.3, 0.4) is 0 Å². The summed E-state index contributed by atoms with van der Waals surface area (Å²) in [5.74, 6) is 1.82. The van der Waals surface area contributed by atoms with Gasteiger partial charge in [0.15, 0.2) is 12.2 Å². The maximum atomic E-state index is 12.7. The van der Waals surface area contributed by atoms with Gasteiger partial charge < -0.3 is 30.2 Å². The molecular formula is C28H34N6O4. The first-order valence-corrected chi connectivity index (χ1v) is 13.4. The van der Waals surface area contributed by atoms with E-state index >= 15 is 0 Å². The number of nitrogens with one attached hydrogen (secondary N) is 3. The van der Waals surface area contributed by atoms with Crippen LogP contribution in [0.4, 0.5) is 5.82 Å². The van der Waals surface area contributed by atoms with E-state index in [9.17, 15) is 9.90 Å². The van der Waals surface area contributed by atoms with Crippen LogP contribution in [0, 0.1) is 12.3 Å². The number of carbonyl (C=O) groups excluding carboxylic acids is 1. The lowest BCUT2D eigenvalue weighted by Crippen LogP contribution is -2.49. The van der Waals surface area contributed by atoms with E-state index in [0.717, 1.165) is 22.6 Å². The highest BCUT2D eigenvalue weighted by Crippen LogP contribution is 2.56. The maximum absolute atomic E-state index is 12.7. The molecule has 10 heteroatoms. The Balaban J connectivity index is 0.978. The van der Waals surface area contributed by atoms with Crippen LogP contribution >= 0.6 is 0 Å². The number of aromatic nitrogens is 3. The number of hydrogen-bond donors (Lipinski definition) is 4. The molecule has 38 heavy (non-hydrogen) atoms. The lowest BCUT2D eigenvalue weighted by molar-refractivity contribution is 0.0191. The highest BCUT2D eigenvalue weighted by Gasteiger charge is 2.48. The molecule has 1 aromatic carbocycles. The van der Waals surface area contributed by atoms with Crippen molar-refractivity contribution in [2.45, 2.75) is 76.8 Å².